The van der Waals surface area contributed by atoms with E-state index in [4.69, 9.17) is 21.1 Å². The fraction of sp³-hybridized carbons (Fsp3) is 0.455. The Morgan fingerprint density at radius 2 is 1.73 bits per heavy atom. The Morgan fingerprint density at radius 1 is 1.20 bits per heavy atom. The van der Waals surface area contributed by atoms with Gasteiger partial charge in [-0.25, -0.2) is 0 Å². The van der Waals surface area contributed by atoms with Crippen molar-refractivity contribution in [3.63, 3.8) is 0 Å². The Hall–Kier alpha value is -0.930. The molecule has 1 N–H and O–H groups in total. The lowest BCUT2D eigenvalue weighted by molar-refractivity contribution is 0.151. The first kappa shape index (κ1) is 10.6. The average Bonchev–Trinajstić information content (AvgIpc) is 2.96. The second kappa shape index (κ2) is 3.58. The van der Waals surface area contributed by atoms with Gasteiger partial charge in [-0.2, -0.15) is 0 Å². The van der Waals surface area contributed by atoms with Gasteiger partial charge in [0.1, 0.15) is 0 Å². The fourth-order valence-corrected chi connectivity index (χ4v) is 1.93. The van der Waals surface area contributed by atoms with Crippen molar-refractivity contribution in [1.82, 2.24) is 0 Å². The van der Waals surface area contributed by atoms with Gasteiger partial charge in [-0.15, -0.1) is 0 Å². The number of aliphatic hydroxyl groups is 1. The second-order valence-electron chi connectivity index (χ2n) is 3.72. The van der Waals surface area contributed by atoms with Crippen LogP contribution in [-0.4, -0.2) is 19.3 Å². The van der Waals surface area contributed by atoms with E-state index < -0.39 is 5.60 Å². The summed E-state index contributed by atoms with van der Waals surface area (Å²) in [4.78, 5) is 0. The third-order valence-corrected chi connectivity index (χ3v) is 3.01. The summed E-state index contributed by atoms with van der Waals surface area (Å²) >= 11 is 6.07. The summed E-state index contributed by atoms with van der Waals surface area (Å²) in [5, 5.41) is 10.5. The zero-order chi connectivity index (χ0) is 11.1. The van der Waals surface area contributed by atoms with Crippen LogP contribution < -0.4 is 9.47 Å². The Bertz CT molecular complexity index is 386. The minimum atomic E-state index is -0.753. The third-order valence-electron chi connectivity index (χ3n) is 2.70. The largest absolute Gasteiger partial charge is 0.493 e. The van der Waals surface area contributed by atoms with Crippen LogP contribution in [0.4, 0.5) is 0 Å². The van der Waals surface area contributed by atoms with Gasteiger partial charge in [0, 0.05) is 11.6 Å². The Balaban J connectivity index is 2.48. The van der Waals surface area contributed by atoms with Crippen molar-refractivity contribution < 1.29 is 14.6 Å². The number of hydrogen-bond acceptors (Lipinski definition) is 3. The molecule has 2 rings (SSSR count). The molecule has 0 aromatic heterocycles. The summed E-state index contributed by atoms with van der Waals surface area (Å²) in [6.07, 6.45) is 1.50. The summed E-state index contributed by atoms with van der Waals surface area (Å²) < 4.78 is 10.3. The highest BCUT2D eigenvalue weighted by Gasteiger charge is 2.44. The predicted molar refractivity (Wildman–Crippen MR) is 57.7 cm³/mol. The Labute approximate surface area is 93.6 Å². The minimum absolute atomic E-state index is 0.521. The molecule has 1 aliphatic carbocycles. The molecule has 0 bridgehead atoms. The monoisotopic (exact) mass is 228 g/mol. The van der Waals surface area contributed by atoms with Gasteiger partial charge >= 0.3 is 0 Å². The molecule has 4 heteroatoms. The van der Waals surface area contributed by atoms with Crippen molar-refractivity contribution in [3.8, 4) is 11.5 Å². The number of halogens is 1. The van der Waals surface area contributed by atoms with E-state index in [-0.39, 0.29) is 0 Å². The predicted octanol–water partition coefficient (Wildman–Crippen LogP) is 2.34. The van der Waals surface area contributed by atoms with Crippen LogP contribution in [0.5, 0.6) is 11.5 Å². The SMILES string of the molecule is COc1cc(Cl)c(C2(O)CC2)cc1OC. The van der Waals surface area contributed by atoms with Crippen molar-refractivity contribution in [3.05, 3.63) is 22.7 Å². The van der Waals surface area contributed by atoms with Gasteiger partial charge in [0.2, 0.25) is 0 Å². The molecule has 3 nitrogen and oxygen atoms in total. The van der Waals surface area contributed by atoms with Gasteiger partial charge in [-0.05, 0) is 18.9 Å². The maximum atomic E-state index is 9.98. The van der Waals surface area contributed by atoms with Crippen LogP contribution in [-0.2, 0) is 5.60 Å². The number of methoxy groups -OCH3 is 2. The summed E-state index contributed by atoms with van der Waals surface area (Å²) in [6, 6.07) is 3.42. The normalized spacial score (nSPS) is 17.3. The lowest BCUT2D eigenvalue weighted by Crippen LogP contribution is -2.06. The molecule has 1 aliphatic rings. The van der Waals surface area contributed by atoms with Gasteiger partial charge in [-0.1, -0.05) is 11.6 Å². The lowest BCUT2D eigenvalue weighted by atomic mass is 10.1. The van der Waals surface area contributed by atoms with Gasteiger partial charge in [0.05, 0.1) is 24.8 Å². The topological polar surface area (TPSA) is 38.7 Å². The van der Waals surface area contributed by atoms with Crippen LogP contribution >= 0.6 is 11.6 Å². The highest BCUT2D eigenvalue weighted by Crippen LogP contribution is 2.50. The lowest BCUT2D eigenvalue weighted by Gasteiger charge is -2.14. The molecule has 1 aromatic carbocycles. The summed E-state index contributed by atoms with van der Waals surface area (Å²) in [6.45, 7) is 0. The minimum Gasteiger partial charge on any atom is -0.493 e. The summed E-state index contributed by atoms with van der Waals surface area (Å²) in [5.74, 6) is 1.17. The molecule has 15 heavy (non-hydrogen) atoms. The quantitative estimate of drug-likeness (QED) is 0.863. The number of ether oxygens (including phenoxy) is 2. The van der Waals surface area contributed by atoms with Crippen molar-refractivity contribution in [2.45, 2.75) is 18.4 Å². The zero-order valence-corrected chi connectivity index (χ0v) is 9.47. The molecule has 0 heterocycles. The first-order valence-corrected chi connectivity index (χ1v) is 5.13. The Morgan fingerprint density at radius 3 is 2.20 bits per heavy atom. The first-order valence-electron chi connectivity index (χ1n) is 4.75. The van der Waals surface area contributed by atoms with E-state index in [1.807, 2.05) is 0 Å². The second-order valence-corrected chi connectivity index (χ2v) is 4.13. The van der Waals surface area contributed by atoms with E-state index in [2.05, 4.69) is 0 Å². The van der Waals surface area contributed by atoms with Crippen LogP contribution in [0.15, 0.2) is 12.1 Å². The van der Waals surface area contributed by atoms with Crippen LogP contribution in [0.3, 0.4) is 0 Å². The molecule has 0 atom stereocenters. The molecular formula is C11H13ClO3. The standard InChI is InChI=1S/C11H13ClO3/c1-14-9-5-7(11(13)3-4-11)8(12)6-10(9)15-2/h5-6,13H,3-4H2,1-2H3. The molecule has 0 spiro atoms. The highest BCUT2D eigenvalue weighted by molar-refractivity contribution is 6.31. The molecule has 1 fully saturated rings. The van der Waals surface area contributed by atoms with Crippen molar-refractivity contribution >= 4 is 11.6 Å². The maximum absolute atomic E-state index is 9.98. The van der Waals surface area contributed by atoms with E-state index in [0.717, 1.165) is 18.4 Å². The van der Waals surface area contributed by atoms with Crippen molar-refractivity contribution in [2.24, 2.45) is 0 Å². The van der Waals surface area contributed by atoms with Gasteiger partial charge in [0.15, 0.2) is 11.5 Å². The molecule has 82 valence electrons. The average molecular weight is 229 g/mol. The zero-order valence-electron chi connectivity index (χ0n) is 8.71. The molecule has 0 aliphatic heterocycles. The van der Waals surface area contributed by atoms with E-state index in [1.165, 1.54) is 0 Å². The number of benzene rings is 1. The van der Waals surface area contributed by atoms with Gasteiger partial charge in [0.25, 0.3) is 0 Å². The van der Waals surface area contributed by atoms with Crippen LogP contribution in [0.1, 0.15) is 18.4 Å². The highest BCUT2D eigenvalue weighted by atomic mass is 35.5. The van der Waals surface area contributed by atoms with E-state index in [9.17, 15) is 5.11 Å². The van der Waals surface area contributed by atoms with Gasteiger partial charge in [-0.3, -0.25) is 0 Å². The molecular weight excluding hydrogens is 216 g/mol. The van der Waals surface area contributed by atoms with Crippen LogP contribution in [0.2, 0.25) is 5.02 Å². The number of rotatable bonds is 3. The molecule has 1 saturated carbocycles. The van der Waals surface area contributed by atoms with Crippen LogP contribution in [0.25, 0.3) is 0 Å². The van der Waals surface area contributed by atoms with E-state index in [1.54, 1.807) is 26.4 Å². The molecule has 0 saturated heterocycles. The van der Waals surface area contributed by atoms with E-state index >= 15 is 0 Å². The number of hydrogen-bond donors (Lipinski definition) is 1. The van der Waals surface area contributed by atoms with Crippen LogP contribution in [0, 0.1) is 0 Å². The Kier molecular flexibility index (Phi) is 2.52. The maximum Gasteiger partial charge on any atom is 0.162 e. The molecule has 0 amide bonds. The molecule has 1 aromatic rings. The first-order chi connectivity index (χ1) is 7.10. The molecule has 0 radical (unpaired) electrons. The summed E-state index contributed by atoms with van der Waals surface area (Å²) in [5.41, 5.74) is -0.0294. The smallest absolute Gasteiger partial charge is 0.162 e. The van der Waals surface area contributed by atoms with Crippen molar-refractivity contribution in [1.29, 1.82) is 0 Å². The summed E-state index contributed by atoms with van der Waals surface area (Å²) in [7, 11) is 3.12. The third kappa shape index (κ3) is 1.77. The van der Waals surface area contributed by atoms with Crippen molar-refractivity contribution in [2.75, 3.05) is 14.2 Å². The van der Waals surface area contributed by atoms with Gasteiger partial charge < -0.3 is 14.6 Å². The fourth-order valence-electron chi connectivity index (χ4n) is 1.60. The van der Waals surface area contributed by atoms with E-state index in [0.29, 0.717) is 16.5 Å². The molecule has 0 unspecified atom stereocenters.